The molecule has 2 aromatic carbocycles. The summed E-state index contributed by atoms with van der Waals surface area (Å²) in [4.78, 5) is 16.4. The number of nitrogens with zero attached hydrogens (tertiary/aromatic N) is 1. The van der Waals surface area contributed by atoms with Gasteiger partial charge in [0.15, 0.2) is 17.3 Å². The molecule has 3 aromatic rings. The second kappa shape index (κ2) is 9.25. The van der Waals surface area contributed by atoms with Crippen molar-refractivity contribution in [2.45, 2.75) is 0 Å². The quantitative estimate of drug-likeness (QED) is 0.524. The minimum absolute atomic E-state index is 0.0660. The summed E-state index contributed by atoms with van der Waals surface area (Å²) >= 11 is 1.65. The van der Waals surface area contributed by atoms with Gasteiger partial charge in [0.1, 0.15) is 0 Å². The van der Waals surface area contributed by atoms with Gasteiger partial charge >= 0.3 is 0 Å². The van der Waals surface area contributed by atoms with E-state index in [0.29, 0.717) is 17.0 Å². The highest BCUT2D eigenvalue weighted by Gasteiger charge is 2.13. The molecule has 0 atom stereocenters. The third kappa shape index (κ3) is 4.75. The lowest BCUT2D eigenvalue weighted by atomic mass is 10.1. The maximum atomic E-state index is 12.2. The van der Waals surface area contributed by atoms with Gasteiger partial charge in [-0.15, -0.1) is 11.3 Å². The Morgan fingerprint density at radius 2 is 2.07 bits per heavy atom. The van der Waals surface area contributed by atoms with Gasteiger partial charge < -0.3 is 19.9 Å². The number of benzene rings is 2. The molecule has 0 radical (unpaired) electrons. The number of carbonyl (C=O) groups excluding carboxylic acids is 1. The maximum Gasteiger partial charge on any atom is 0.203 e. The van der Waals surface area contributed by atoms with Gasteiger partial charge in [-0.25, -0.2) is 0 Å². The van der Waals surface area contributed by atoms with Crippen LogP contribution in [0.5, 0.6) is 17.2 Å². The largest absolute Gasteiger partial charge is 0.504 e. The molecule has 1 aromatic heterocycles. The second-order valence-electron chi connectivity index (χ2n) is 6.26. The van der Waals surface area contributed by atoms with Crippen LogP contribution in [0.25, 0.3) is 15.8 Å². The number of methoxy groups -OCH3 is 2. The molecule has 7 heteroatoms. The minimum atomic E-state index is -0.0772. The van der Waals surface area contributed by atoms with E-state index in [0.717, 1.165) is 10.9 Å². The molecule has 0 bridgehead atoms. The average Bonchev–Trinajstić information content (AvgIpc) is 3.14. The maximum absolute atomic E-state index is 12.2. The Morgan fingerprint density at radius 3 is 2.83 bits per heavy atom. The Kier molecular flexibility index (Phi) is 6.51. The number of hydrogen-bond donors (Lipinski definition) is 2. The molecule has 0 saturated carbocycles. The molecule has 0 spiro atoms. The van der Waals surface area contributed by atoms with E-state index >= 15 is 0 Å². The zero-order chi connectivity index (χ0) is 20.8. The van der Waals surface area contributed by atoms with Crippen molar-refractivity contribution in [1.29, 1.82) is 0 Å². The number of hydrogen-bond acceptors (Lipinski definition) is 7. The number of thiophene rings is 1. The van der Waals surface area contributed by atoms with Crippen molar-refractivity contribution in [1.82, 2.24) is 5.32 Å². The summed E-state index contributed by atoms with van der Waals surface area (Å²) in [5.41, 5.74) is 2.10. The van der Waals surface area contributed by atoms with Crippen LogP contribution in [-0.2, 0) is 4.79 Å². The van der Waals surface area contributed by atoms with Gasteiger partial charge in [0.05, 0.1) is 27.3 Å². The molecule has 0 aliphatic heterocycles. The normalized spacial score (nSPS) is 11.0. The number of ether oxygens (including phenoxy) is 2. The van der Waals surface area contributed by atoms with Crippen molar-refractivity contribution in [3.05, 3.63) is 59.5 Å². The molecule has 6 nitrogen and oxygen atoms in total. The standard InChI is InChI=1S/C22H22N2O4S/c1-14(15-8-19(26)22(28-3)20(9-15)27-2)24-12-17(25)11-23-10-16-13-29-21-7-5-4-6-18(16)21/h4-10,13,24,26H,1,11-12H2,2-3H3. The van der Waals surface area contributed by atoms with Crippen LogP contribution in [0, 0.1) is 0 Å². The monoisotopic (exact) mass is 410 g/mol. The highest BCUT2D eigenvalue weighted by Crippen LogP contribution is 2.38. The molecule has 0 saturated heterocycles. The summed E-state index contributed by atoms with van der Waals surface area (Å²) in [6, 6.07) is 11.3. The van der Waals surface area contributed by atoms with Gasteiger partial charge in [0, 0.05) is 38.5 Å². The fourth-order valence-electron chi connectivity index (χ4n) is 2.83. The van der Waals surface area contributed by atoms with Gasteiger partial charge in [0.2, 0.25) is 5.75 Å². The lowest BCUT2D eigenvalue weighted by molar-refractivity contribution is -0.116. The predicted molar refractivity (Wildman–Crippen MR) is 118 cm³/mol. The smallest absolute Gasteiger partial charge is 0.203 e. The first-order chi connectivity index (χ1) is 14.0. The van der Waals surface area contributed by atoms with Crippen molar-refractivity contribution in [2.24, 2.45) is 4.99 Å². The molecule has 150 valence electrons. The van der Waals surface area contributed by atoms with Gasteiger partial charge in [-0.1, -0.05) is 24.8 Å². The number of Topliss-reactive ketones (excluding diaryl/α,β-unsaturated/α-hetero) is 1. The van der Waals surface area contributed by atoms with E-state index in [2.05, 4.69) is 23.0 Å². The lowest BCUT2D eigenvalue weighted by Crippen LogP contribution is -2.23. The molecule has 29 heavy (non-hydrogen) atoms. The zero-order valence-electron chi connectivity index (χ0n) is 16.3. The molecule has 2 N–H and O–H groups in total. The Hall–Kier alpha value is -3.32. The van der Waals surface area contributed by atoms with Crippen molar-refractivity contribution in [2.75, 3.05) is 27.3 Å². The van der Waals surface area contributed by atoms with Crippen molar-refractivity contribution < 1.29 is 19.4 Å². The predicted octanol–water partition coefficient (Wildman–Crippen LogP) is 3.87. The van der Waals surface area contributed by atoms with E-state index in [1.54, 1.807) is 23.6 Å². The molecular formula is C22H22N2O4S. The van der Waals surface area contributed by atoms with Gasteiger partial charge in [-0.2, -0.15) is 0 Å². The molecule has 1 heterocycles. The van der Waals surface area contributed by atoms with Crippen LogP contribution >= 0.6 is 11.3 Å². The fourth-order valence-corrected chi connectivity index (χ4v) is 3.74. The van der Waals surface area contributed by atoms with Gasteiger partial charge in [-0.3, -0.25) is 9.79 Å². The van der Waals surface area contributed by atoms with E-state index in [-0.39, 0.29) is 30.4 Å². The first-order valence-corrected chi connectivity index (χ1v) is 9.77. The molecule has 0 unspecified atom stereocenters. The third-order valence-electron chi connectivity index (χ3n) is 4.32. The van der Waals surface area contributed by atoms with E-state index in [1.807, 2.05) is 23.6 Å². The topological polar surface area (TPSA) is 80.2 Å². The van der Waals surface area contributed by atoms with Crippen LogP contribution in [0.2, 0.25) is 0 Å². The first-order valence-electron chi connectivity index (χ1n) is 8.89. The lowest BCUT2D eigenvalue weighted by Gasteiger charge is -2.14. The molecular weight excluding hydrogens is 388 g/mol. The first kappa shape index (κ1) is 20.4. The molecule has 3 rings (SSSR count). The molecule has 0 fully saturated rings. The number of aromatic hydroxyl groups is 1. The summed E-state index contributed by atoms with van der Waals surface area (Å²) < 4.78 is 11.5. The Bertz CT molecular complexity index is 1070. The van der Waals surface area contributed by atoms with Crippen molar-refractivity contribution >= 4 is 39.1 Å². The van der Waals surface area contributed by atoms with Crippen LogP contribution in [0.3, 0.4) is 0 Å². The zero-order valence-corrected chi connectivity index (χ0v) is 17.1. The highest BCUT2D eigenvalue weighted by molar-refractivity contribution is 7.17. The third-order valence-corrected chi connectivity index (χ3v) is 5.30. The second-order valence-corrected chi connectivity index (χ2v) is 7.17. The number of ketones is 1. The van der Waals surface area contributed by atoms with E-state index < -0.39 is 0 Å². The summed E-state index contributed by atoms with van der Waals surface area (Å²) in [6.07, 6.45) is 1.73. The van der Waals surface area contributed by atoms with Crippen LogP contribution in [0.4, 0.5) is 0 Å². The van der Waals surface area contributed by atoms with Crippen LogP contribution < -0.4 is 14.8 Å². The number of rotatable bonds is 9. The number of aliphatic imine (C=N–C) groups is 1. The number of phenolic OH excluding ortho intramolecular Hbond substituents is 1. The summed E-state index contributed by atoms with van der Waals surface area (Å²) in [7, 11) is 2.93. The number of carbonyl (C=O) groups is 1. The van der Waals surface area contributed by atoms with Gasteiger partial charge in [-0.05, 0) is 18.2 Å². The number of nitrogens with one attached hydrogen (secondary N) is 1. The van der Waals surface area contributed by atoms with Crippen LogP contribution in [-0.4, -0.2) is 44.4 Å². The molecule has 0 aliphatic carbocycles. The number of fused-ring (bicyclic) bond motifs is 1. The Morgan fingerprint density at radius 1 is 1.28 bits per heavy atom. The van der Waals surface area contributed by atoms with Crippen LogP contribution in [0.15, 0.2) is 53.3 Å². The highest BCUT2D eigenvalue weighted by atomic mass is 32.1. The fraction of sp³-hybridized carbons (Fsp3) is 0.182. The molecule has 0 aliphatic rings. The summed E-state index contributed by atoms with van der Waals surface area (Å²) in [5, 5.41) is 16.2. The molecule has 0 amide bonds. The van der Waals surface area contributed by atoms with Crippen LogP contribution in [0.1, 0.15) is 11.1 Å². The van der Waals surface area contributed by atoms with E-state index in [4.69, 9.17) is 9.47 Å². The van der Waals surface area contributed by atoms with E-state index in [9.17, 15) is 9.90 Å². The van der Waals surface area contributed by atoms with Gasteiger partial charge in [0.25, 0.3) is 0 Å². The summed E-state index contributed by atoms with van der Waals surface area (Å²) in [5.74, 6) is 0.482. The van der Waals surface area contributed by atoms with E-state index in [1.165, 1.54) is 25.0 Å². The Labute approximate surface area is 173 Å². The summed E-state index contributed by atoms with van der Waals surface area (Å²) in [6.45, 7) is 4.07. The average molecular weight is 410 g/mol. The SMILES string of the molecule is C=C(NCC(=O)CN=Cc1csc2ccccc12)c1cc(O)c(OC)c(OC)c1. The Balaban J connectivity index is 1.56. The number of phenols is 1. The minimum Gasteiger partial charge on any atom is -0.504 e. The van der Waals surface area contributed by atoms with Crippen molar-refractivity contribution in [3.8, 4) is 17.2 Å². The van der Waals surface area contributed by atoms with Crippen molar-refractivity contribution in [3.63, 3.8) is 0 Å².